The van der Waals surface area contributed by atoms with E-state index < -0.39 is 24.5 Å². The van der Waals surface area contributed by atoms with Crippen molar-refractivity contribution in [3.05, 3.63) is 38.2 Å². The van der Waals surface area contributed by atoms with E-state index in [1.54, 1.807) is 0 Å². The van der Waals surface area contributed by atoms with Gasteiger partial charge < -0.3 is 14.6 Å². The number of ether oxygens (including phenoxy) is 2. The molecule has 0 aromatic rings. The Morgan fingerprint density at radius 3 is 1.94 bits per heavy atom. The van der Waals surface area contributed by atoms with Crippen LogP contribution in [0.1, 0.15) is 0 Å². The molecule has 0 spiro atoms. The van der Waals surface area contributed by atoms with Crippen LogP contribution in [0.4, 0.5) is 0 Å². The molecule has 0 unspecified atom stereocenters. The summed E-state index contributed by atoms with van der Waals surface area (Å²) in [6.07, 6.45) is 2.76. The van der Waals surface area contributed by atoms with Crippen LogP contribution in [0.5, 0.6) is 0 Å². The van der Waals surface area contributed by atoms with Crippen LogP contribution in [0.3, 0.4) is 0 Å². The van der Waals surface area contributed by atoms with Crippen LogP contribution < -0.4 is 0 Å². The molecule has 0 bridgehead atoms. The van der Waals surface area contributed by atoms with Crippen LogP contribution in [0.2, 0.25) is 0 Å². The van der Waals surface area contributed by atoms with Gasteiger partial charge in [0.15, 0.2) is 6.61 Å². The highest BCUT2D eigenvalue weighted by atomic mass is 16.6. The molecule has 0 rings (SSSR count). The fourth-order valence-corrected chi connectivity index (χ4v) is 0.316. The zero-order valence-electron chi connectivity index (χ0n) is 8.55. The average Bonchev–Trinajstić information content (AvgIpc) is 2.27. The van der Waals surface area contributed by atoms with Gasteiger partial charge in [0.05, 0.1) is 6.26 Å². The number of rotatable bonds is 5. The lowest BCUT2D eigenvalue weighted by Crippen LogP contribution is -2.12. The monoisotopic (exact) mass is 228 g/mol. The number of carbonyl (C=O) groups is 3. The van der Waals surface area contributed by atoms with Crippen molar-refractivity contribution in [1.29, 1.82) is 0 Å². The first-order chi connectivity index (χ1) is 7.47. The van der Waals surface area contributed by atoms with E-state index in [0.29, 0.717) is 0 Å². The Kier molecular flexibility index (Phi) is 10.8. The zero-order valence-corrected chi connectivity index (χ0v) is 8.55. The van der Waals surface area contributed by atoms with Gasteiger partial charge in [0.1, 0.15) is 0 Å². The van der Waals surface area contributed by atoms with Crippen LogP contribution >= 0.6 is 0 Å². The molecule has 6 nitrogen and oxygen atoms in total. The van der Waals surface area contributed by atoms with E-state index in [4.69, 9.17) is 5.11 Å². The standard InChI is InChI=1S/C7H8O4.C3H4O2/c1-3-6(8)11-5-7(9)10-4-2;1-2-3(4)5/h3-4H,1-2,5H2;2H,1H2,(H,4,5). The molecule has 0 saturated heterocycles. The van der Waals surface area contributed by atoms with Crippen LogP contribution in [0.25, 0.3) is 0 Å². The first-order valence-electron chi connectivity index (χ1n) is 3.92. The molecule has 16 heavy (non-hydrogen) atoms. The molecule has 0 heterocycles. The Hall–Kier alpha value is -2.37. The first kappa shape index (κ1) is 16.1. The van der Waals surface area contributed by atoms with E-state index in [1.165, 1.54) is 0 Å². The molecule has 0 atom stereocenters. The smallest absolute Gasteiger partial charge is 0.349 e. The Balaban J connectivity index is 0. The number of carboxylic acid groups (broad SMARTS) is 1. The van der Waals surface area contributed by atoms with E-state index in [-0.39, 0.29) is 0 Å². The molecule has 0 aliphatic rings. The Morgan fingerprint density at radius 1 is 1.12 bits per heavy atom. The molecule has 0 aliphatic heterocycles. The Morgan fingerprint density at radius 2 is 1.62 bits per heavy atom. The quantitative estimate of drug-likeness (QED) is 0.422. The van der Waals surface area contributed by atoms with Gasteiger partial charge in [-0.05, 0) is 0 Å². The van der Waals surface area contributed by atoms with E-state index in [0.717, 1.165) is 18.4 Å². The van der Waals surface area contributed by atoms with Gasteiger partial charge in [-0.2, -0.15) is 0 Å². The second-order valence-corrected chi connectivity index (χ2v) is 2.01. The van der Waals surface area contributed by atoms with Crippen molar-refractivity contribution in [1.82, 2.24) is 0 Å². The summed E-state index contributed by atoms with van der Waals surface area (Å²) in [5.41, 5.74) is 0. The Bertz CT molecular complexity index is 292. The lowest BCUT2D eigenvalue weighted by molar-refractivity contribution is -0.152. The predicted octanol–water partition coefficient (Wildman–Crippen LogP) is 0.659. The molecule has 0 radical (unpaired) electrons. The molecule has 0 saturated carbocycles. The normalized spacial score (nSPS) is 7.50. The molecule has 1 N–H and O–H groups in total. The number of carbonyl (C=O) groups excluding carboxylic acids is 2. The third kappa shape index (κ3) is 14.2. The third-order valence-corrected chi connectivity index (χ3v) is 0.888. The summed E-state index contributed by atoms with van der Waals surface area (Å²) < 4.78 is 8.58. The van der Waals surface area contributed by atoms with E-state index in [9.17, 15) is 14.4 Å². The molecular weight excluding hydrogens is 216 g/mol. The number of hydrogen-bond acceptors (Lipinski definition) is 5. The van der Waals surface area contributed by atoms with Crippen molar-refractivity contribution >= 4 is 17.9 Å². The molecule has 0 fully saturated rings. The highest BCUT2D eigenvalue weighted by Gasteiger charge is 2.02. The van der Waals surface area contributed by atoms with E-state index in [1.807, 2.05) is 0 Å². The van der Waals surface area contributed by atoms with Gasteiger partial charge in [0, 0.05) is 12.2 Å². The van der Waals surface area contributed by atoms with Gasteiger partial charge >= 0.3 is 17.9 Å². The van der Waals surface area contributed by atoms with Gasteiger partial charge in [-0.3, -0.25) is 0 Å². The molecule has 0 aliphatic carbocycles. The van der Waals surface area contributed by atoms with Crippen LogP contribution in [0, 0.1) is 0 Å². The third-order valence-electron chi connectivity index (χ3n) is 0.888. The van der Waals surface area contributed by atoms with Crippen molar-refractivity contribution in [3.8, 4) is 0 Å². The molecule has 0 aromatic carbocycles. The maximum absolute atomic E-state index is 10.5. The summed E-state index contributed by atoms with van der Waals surface area (Å²) in [4.78, 5) is 30.1. The molecule has 88 valence electrons. The fraction of sp³-hybridized carbons (Fsp3) is 0.100. The van der Waals surface area contributed by atoms with Crippen molar-refractivity contribution < 1.29 is 29.0 Å². The largest absolute Gasteiger partial charge is 0.478 e. The Labute approximate surface area is 92.5 Å². The predicted molar refractivity (Wildman–Crippen MR) is 55.3 cm³/mol. The van der Waals surface area contributed by atoms with Gasteiger partial charge in [-0.1, -0.05) is 19.7 Å². The summed E-state index contributed by atoms with van der Waals surface area (Å²) in [5, 5.41) is 7.60. The van der Waals surface area contributed by atoms with Crippen LogP contribution in [-0.4, -0.2) is 29.6 Å². The number of aliphatic carboxylic acids is 1. The van der Waals surface area contributed by atoms with Gasteiger partial charge in [0.25, 0.3) is 0 Å². The van der Waals surface area contributed by atoms with Gasteiger partial charge in [0.2, 0.25) is 0 Å². The molecule has 6 heteroatoms. The zero-order chi connectivity index (χ0) is 13.0. The average molecular weight is 228 g/mol. The minimum Gasteiger partial charge on any atom is -0.478 e. The number of carboxylic acids is 1. The first-order valence-corrected chi connectivity index (χ1v) is 3.92. The SMILES string of the molecule is C=CC(=O)O.C=COC(=O)COC(=O)C=C. The summed E-state index contributed by atoms with van der Waals surface area (Å²) in [6, 6.07) is 0. The minimum atomic E-state index is -0.981. The summed E-state index contributed by atoms with van der Waals surface area (Å²) in [6.45, 7) is 8.82. The van der Waals surface area contributed by atoms with Crippen LogP contribution in [-0.2, 0) is 23.9 Å². The molecule has 0 aromatic heterocycles. The second-order valence-electron chi connectivity index (χ2n) is 2.01. The lowest BCUT2D eigenvalue weighted by atomic mass is 10.6. The van der Waals surface area contributed by atoms with Crippen molar-refractivity contribution in [2.75, 3.05) is 6.61 Å². The number of hydrogen-bond donors (Lipinski definition) is 1. The van der Waals surface area contributed by atoms with Crippen LogP contribution in [0.15, 0.2) is 38.2 Å². The van der Waals surface area contributed by atoms with Gasteiger partial charge in [-0.25, -0.2) is 14.4 Å². The topological polar surface area (TPSA) is 89.9 Å². The van der Waals surface area contributed by atoms with Crippen molar-refractivity contribution in [3.63, 3.8) is 0 Å². The van der Waals surface area contributed by atoms with E-state index in [2.05, 4.69) is 29.2 Å². The van der Waals surface area contributed by atoms with Crippen molar-refractivity contribution in [2.45, 2.75) is 0 Å². The fourth-order valence-electron chi connectivity index (χ4n) is 0.316. The summed E-state index contributed by atoms with van der Waals surface area (Å²) in [5.74, 6) is -2.31. The highest BCUT2D eigenvalue weighted by molar-refractivity contribution is 5.83. The maximum atomic E-state index is 10.5. The van der Waals surface area contributed by atoms with Crippen molar-refractivity contribution in [2.24, 2.45) is 0 Å². The second kappa shape index (κ2) is 10.7. The highest BCUT2D eigenvalue weighted by Crippen LogP contribution is 1.83. The van der Waals surface area contributed by atoms with E-state index >= 15 is 0 Å². The summed E-state index contributed by atoms with van der Waals surface area (Å²) >= 11 is 0. The number of esters is 2. The molecular formula is C10H12O6. The summed E-state index contributed by atoms with van der Waals surface area (Å²) in [7, 11) is 0. The lowest BCUT2D eigenvalue weighted by Gasteiger charge is -1.98. The maximum Gasteiger partial charge on any atom is 0.349 e. The van der Waals surface area contributed by atoms with Gasteiger partial charge in [-0.15, -0.1) is 0 Å². The molecule has 0 amide bonds. The minimum absolute atomic E-state index is 0.420.